The molecular formula is C11H17F3N2O4. The molecule has 0 aromatic carbocycles. The number of carboxylic acids is 1. The number of nitrogens with one attached hydrogen (secondary N) is 2. The lowest BCUT2D eigenvalue weighted by molar-refractivity contribution is -0.173. The van der Waals surface area contributed by atoms with Crippen LogP contribution in [0.4, 0.5) is 13.2 Å². The topological polar surface area (TPSA) is 95.5 Å². The summed E-state index contributed by atoms with van der Waals surface area (Å²) in [6.45, 7) is 1.34. The maximum atomic E-state index is 11.8. The average molecular weight is 298 g/mol. The van der Waals surface area contributed by atoms with Crippen LogP contribution < -0.4 is 10.6 Å². The molecule has 1 unspecified atom stereocenters. The number of halogens is 3. The summed E-state index contributed by atoms with van der Waals surface area (Å²) >= 11 is 0. The molecule has 0 rings (SSSR count). The Morgan fingerprint density at radius 2 is 1.85 bits per heavy atom. The fourth-order valence-electron chi connectivity index (χ4n) is 1.32. The van der Waals surface area contributed by atoms with E-state index in [0.29, 0.717) is 6.42 Å². The lowest BCUT2D eigenvalue weighted by Crippen LogP contribution is -2.43. The van der Waals surface area contributed by atoms with Gasteiger partial charge in [0.25, 0.3) is 0 Å². The Morgan fingerprint density at radius 3 is 2.30 bits per heavy atom. The number of hydrogen-bond donors (Lipinski definition) is 3. The molecule has 3 N–H and O–H groups in total. The zero-order chi connectivity index (χ0) is 15.8. The Kier molecular flexibility index (Phi) is 7.63. The van der Waals surface area contributed by atoms with Crippen LogP contribution in [0.1, 0.15) is 32.6 Å². The zero-order valence-corrected chi connectivity index (χ0v) is 10.9. The SMILES string of the molecule is CCCCC(NC(=O)CCNC(=O)C(F)(F)F)C(=O)O. The van der Waals surface area contributed by atoms with Crippen molar-refractivity contribution in [3.05, 3.63) is 0 Å². The number of alkyl halides is 3. The lowest BCUT2D eigenvalue weighted by atomic mass is 10.1. The number of carbonyl (C=O) groups excluding carboxylic acids is 2. The summed E-state index contributed by atoms with van der Waals surface area (Å²) in [6, 6.07) is -1.07. The third-order valence-corrected chi connectivity index (χ3v) is 2.37. The van der Waals surface area contributed by atoms with Crippen molar-refractivity contribution in [3.63, 3.8) is 0 Å². The van der Waals surface area contributed by atoms with Crippen LogP contribution in [0.15, 0.2) is 0 Å². The van der Waals surface area contributed by atoms with E-state index in [2.05, 4.69) is 5.32 Å². The van der Waals surface area contributed by atoms with Crippen LogP contribution in [-0.4, -0.2) is 41.7 Å². The number of aliphatic carboxylic acids is 1. The van der Waals surface area contributed by atoms with Crippen molar-refractivity contribution in [1.82, 2.24) is 10.6 Å². The highest BCUT2D eigenvalue weighted by molar-refractivity contribution is 5.85. The third kappa shape index (κ3) is 7.59. The predicted molar refractivity (Wildman–Crippen MR) is 62.8 cm³/mol. The van der Waals surface area contributed by atoms with E-state index in [1.807, 2.05) is 6.92 Å². The zero-order valence-electron chi connectivity index (χ0n) is 10.9. The van der Waals surface area contributed by atoms with Crippen molar-refractivity contribution >= 4 is 17.8 Å². The second kappa shape index (κ2) is 8.39. The molecule has 116 valence electrons. The highest BCUT2D eigenvalue weighted by atomic mass is 19.4. The van der Waals surface area contributed by atoms with E-state index in [4.69, 9.17) is 5.11 Å². The first-order valence-electron chi connectivity index (χ1n) is 6.05. The van der Waals surface area contributed by atoms with Gasteiger partial charge in [0.2, 0.25) is 5.91 Å². The third-order valence-electron chi connectivity index (χ3n) is 2.37. The second-order valence-corrected chi connectivity index (χ2v) is 4.10. The normalized spacial score (nSPS) is 12.6. The quantitative estimate of drug-likeness (QED) is 0.618. The van der Waals surface area contributed by atoms with Gasteiger partial charge in [-0.25, -0.2) is 4.79 Å². The standard InChI is InChI=1S/C11H17F3N2O4/c1-2-3-4-7(9(18)19)16-8(17)5-6-15-10(20)11(12,13)14/h7H,2-6H2,1H3,(H,15,20)(H,16,17)(H,18,19). The van der Waals surface area contributed by atoms with Crippen LogP contribution in [0.25, 0.3) is 0 Å². The second-order valence-electron chi connectivity index (χ2n) is 4.10. The predicted octanol–water partition coefficient (Wildman–Crippen LogP) is 0.815. The van der Waals surface area contributed by atoms with Gasteiger partial charge in [-0.05, 0) is 6.42 Å². The summed E-state index contributed by atoms with van der Waals surface area (Å²) in [5.74, 6) is -4.06. The van der Waals surface area contributed by atoms with Gasteiger partial charge in [-0.1, -0.05) is 19.8 Å². The number of carboxylic acid groups (broad SMARTS) is 1. The van der Waals surface area contributed by atoms with Gasteiger partial charge >= 0.3 is 18.1 Å². The molecule has 0 aliphatic heterocycles. The van der Waals surface area contributed by atoms with E-state index < -0.39 is 43.0 Å². The van der Waals surface area contributed by atoms with Gasteiger partial charge in [-0.3, -0.25) is 9.59 Å². The van der Waals surface area contributed by atoms with Gasteiger partial charge in [-0.2, -0.15) is 13.2 Å². The largest absolute Gasteiger partial charge is 0.480 e. The molecule has 0 saturated heterocycles. The van der Waals surface area contributed by atoms with Crippen LogP contribution in [0, 0.1) is 0 Å². The van der Waals surface area contributed by atoms with Crippen LogP contribution in [0.2, 0.25) is 0 Å². The fraction of sp³-hybridized carbons (Fsp3) is 0.727. The monoisotopic (exact) mass is 298 g/mol. The molecule has 1 atom stereocenters. The van der Waals surface area contributed by atoms with E-state index >= 15 is 0 Å². The Hall–Kier alpha value is -1.80. The Bertz CT molecular complexity index is 358. The van der Waals surface area contributed by atoms with Gasteiger partial charge < -0.3 is 15.7 Å². The molecule has 6 nitrogen and oxygen atoms in total. The van der Waals surface area contributed by atoms with Crippen molar-refractivity contribution in [3.8, 4) is 0 Å². The molecule has 0 aromatic heterocycles. The maximum absolute atomic E-state index is 11.8. The molecule has 0 spiro atoms. The minimum atomic E-state index is -5.00. The summed E-state index contributed by atoms with van der Waals surface area (Å²) in [5, 5.41) is 12.6. The molecule has 2 amide bonds. The van der Waals surface area contributed by atoms with Gasteiger partial charge in [0, 0.05) is 13.0 Å². The highest BCUT2D eigenvalue weighted by Gasteiger charge is 2.38. The molecular weight excluding hydrogens is 281 g/mol. The molecule has 0 heterocycles. The van der Waals surface area contributed by atoms with E-state index in [0.717, 1.165) is 6.42 Å². The Morgan fingerprint density at radius 1 is 1.25 bits per heavy atom. The molecule has 9 heteroatoms. The van der Waals surface area contributed by atoms with Gasteiger partial charge in [0.05, 0.1) is 0 Å². The van der Waals surface area contributed by atoms with E-state index in [-0.39, 0.29) is 6.42 Å². The summed E-state index contributed by atoms with van der Waals surface area (Å²) in [4.78, 5) is 32.6. The minimum Gasteiger partial charge on any atom is -0.480 e. The van der Waals surface area contributed by atoms with Gasteiger partial charge in [0.1, 0.15) is 6.04 Å². The molecule has 0 aliphatic carbocycles. The number of hydrogen-bond acceptors (Lipinski definition) is 3. The Balaban J connectivity index is 4.08. The van der Waals surface area contributed by atoms with Crippen LogP contribution in [0.5, 0.6) is 0 Å². The molecule has 0 fully saturated rings. The molecule has 20 heavy (non-hydrogen) atoms. The summed E-state index contributed by atoms with van der Waals surface area (Å²) in [6.07, 6.45) is -3.82. The first kappa shape index (κ1) is 18.2. The van der Waals surface area contributed by atoms with E-state index in [9.17, 15) is 27.6 Å². The van der Waals surface area contributed by atoms with Crippen LogP contribution in [0.3, 0.4) is 0 Å². The van der Waals surface area contributed by atoms with E-state index in [1.165, 1.54) is 5.32 Å². The van der Waals surface area contributed by atoms with Gasteiger partial charge in [-0.15, -0.1) is 0 Å². The molecule has 0 aromatic rings. The van der Waals surface area contributed by atoms with Crippen LogP contribution in [-0.2, 0) is 14.4 Å². The number of unbranched alkanes of at least 4 members (excludes halogenated alkanes) is 1. The highest BCUT2D eigenvalue weighted by Crippen LogP contribution is 2.13. The van der Waals surface area contributed by atoms with Crippen molar-refractivity contribution in [1.29, 1.82) is 0 Å². The number of carbonyl (C=O) groups is 3. The molecule has 0 aliphatic rings. The minimum absolute atomic E-state index is 0.243. The Labute approximate surface area is 113 Å². The van der Waals surface area contributed by atoms with Crippen molar-refractivity contribution < 1.29 is 32.7 Å². The summed E-state index contributed by atoms with van der Waals surface area (Å²) in [7, 11) is 0. The van der Waals surface area contributed by atoms with Crippen molar-refractivity contribution in [2.45, 2.75) is 44.8 Å². The summed E-state index contributed by atoms with van der Waals surface area (Å²) in [5.41, 5.74) is 0. The smallest absolute Gasteiger partial charge is 0.471 e. The van der Waals surface area contributed by atoms with Gasteiger partial charge in [0.15, 0.2) is 0 Å². The fourth-order valence-corrected chi connectivity index (χ4v) is 1.32. The van der Waals surface area contributed by atoms with Crippen molar-refractivity contribution in [2.75, 3.05) is 6.54 Å². The van der Waals surface area contributed by atoms with Crippen LogP contribution >= 0.6 is 0 Å². The maximum Gasteiger partial charge on any atom is 0.471 e. The first-order valence-corrected chi connectivity index (χ1v) is 6.05. The number of amides is 2. The van der Waals surface area contributed by atoms with Crippen molar-refractivity contribution in [2.24, 2.45) is 0 Å². The molecule has 0 bridgehead atoms. The van der Waals surface area contributed by atoms with E-state index in [1.54, 1.807) is 0 Å². The molecule has 0 saturated carbocycles. The number of rotatable bonds is 8. The summed E-state index contributed by atoms with van der Waals surface area (Å²) < 4.78 is 35.5. The lowest BCUT2D eigenvalue weighted by Gasteiger charge is -2.14. The first-order chi connectivity index (χ1) is 9.18. The average Bonchev–Trinajstić information content (AvgIpc) is 2.32. The molecule has 0 radical (unpaired) electrons.